The van der Waals surface area contributed by atoms with Crippen molar-refractivity contribution in [3.05, 3.63) is 34.9 Å². The van der Waals surface area contributed by atoms with Gasteiger partial charge >= 0.3 is 12.3 Å². The predicted octanol–water partition coefficient (Wildman–Crippen LogP) is 3.57. The van der Waals surface area contributed by atoms with Crippen LogP contribution < -0.4 is 0 Å². The molecule has 1 unspecified atom stereocenters. The molecule has 0 fully saturated rings. The summed E-state index contributed by atoms with van der Waals surface area (Å²) in [7, 11) is 0. The maximum atomic E-state index is 12.8. The van der Waals surface area contributed by atoms with Crippen molar-refractivity contribution in [1.82, 2.24) is 4.90 Å². The Morgan fingerprint density at radius 3 is 2.43 bits per heavy atom. The van der Waals surface area contributed by atoms with Gasteiger partial charge in [-0.3, -0.25) is 4.90 Å². The van der Waals surface area contributed by atoms with Crippen LogP contribution in [0.1, 0.15) is 37.5 Å². The Bertz CT molecular complexity index is 620. The number of nitrogens with zero attached hydrogens (tertiary/aromatic N) is 1. The third-order valence-corrected chi connectivity index (χ3v) is 3.49. The zero-order chi connectivity index (χ0) is 17.4. The average molecular weight is 329 g/mol. The normalized spacial score (nSPS) is 18.3. The number of halogens is 3. The second kappa shape index (κ2) is 5.86. The third-order valence-electron chi connectivity index (χ3n) is 3.49. The fourth-order valence-electron chi connectivity index (χ4n) is 2.43. The number of ether oxygens (including phenoxy) is 1. The highest BCUT2D eigenvalue weighted by Crippen LogP contribution is 2.33. The van der Waals surface area contributed by atoms with Gasteiger partial charge in [-0.15, -0.1) is 0 Å². The van der Waals surface area contributed by atoms with Crippen molar-refractivity contribution in [2.45, 2.75) is 51.6 Å². The van der Waals surface area contributed by atoms with E-state index in [1.165, 1.54) is 11.0 Å². The maximum absolute atomic E-state index is 12.8. The summed E-state index contributed by atoms with van der Waals surface area (Å²) in [5.74, 6) is 0. The quantitative estimate of drug-likeness (QED) is 0.740. The molecule has 1 amide bonds. The van der Waals surface area contributed by atoms with Crippen LogP contribution in [0.4, 0.5) is 18.0 Å². The lowest BCUT2D eigenvalue weighted by molar-refractivity contribution is -0.137. The van der Waals surface area contributed by atoms with E-state index in [2.05, 4.69) is 0 Å². The summed E-state index contributed by atoms with van der Waals surface area (Å²) in [5, 5.41) is 0. The fourth-order valence-corrected chi connectivity index (χ4v) is 2.43. The predicted molar refractivity (Wildman–Crippen MR) is 76.8 cm³/mol. The van der Waals surface area contributed by atoms with Crippen LogP contribution in [0.2, 0.25) is 0 Å². The summed E-state index contributed by atoms with van der Waals surface area (Å²) < 4.78 is 43.7. The average Bonchev–Trinajstić information content (AvgIpc) is 2.42. The van der Waals surface area contributed by atoms with Crippen molar-refractivity contribution in [2.24, 2.45) is 0 Å². The van der Waals surface area contributed by atoms with Crippen molar-refractivity contribution in [3.8, 4) is 0 Å². The zero-order valence-corrected chi connectivity index (χ0v) is 13.1. The molecule has 0 saturated heterocycles. The van der Waals surface area contributed by atoms with E-state index in [1.54, 1.807) is 20.8 Å². The Morgan fingerprint density at radius 1 is 1.26 bits per heavy atom. The van der Waals surface area contributed by atoms with Crippen molar-refractivity contribution in [3.63, 3.8) is 0 Å². The molecule has 0 aromatic heterocycles. The van der Waals surface area contributed by atoms with Gasteiger partial charge in [0.05, 0.1) is 18.2 Å². The van der Waals surface area contributed by atoms with Crippen molar-refractivity contribution in [1.29, 1.82) is 0 Å². The smallest absolute Gasteiger partial charge is 0.416 e. The first-order valence-electron chi connectivity index (χ1n) is 7.15. The van der Waals surface area contributed by atoms with Gasteiger partial charge in [-0.2, -0.15) is 13.2 Å². The Balaban J connectivity index is 2.31. The van der Waals surface area contributed by atoms with Gasteiger partial charge in [0.2, 0.25) is 0 Å². The Morgan fingerprint density at radius 2 is 1.91 bits per heavy atom. The van der Waals surface area contributed by atoms with Gasteiger partial charge in [-0.05, 0) is 44.0 Å². The first-order chi connectivity index (χ1) is 10.5. The number of hydrogen-bond acceptors (Lipinski definition) is 3. The maximum Gasteiger partial charge on any atom is 0.416 e. The van der Waals surface area contributed by atoms with E-state index >= 15 is 0 Å². The standard InChI is InChI=1S/C16H18F3NO3/c1-15(2,3)23-14(22)20-8-11-6-12(16(17,18)19)5-4-10(11)7-13(20)9-21/h4-6,9,13H,7-8H2,1-3H3. The molecular formula is C16H18F3NO3. The number of rotatable bonds is 1. The zero-order valence-electron chi connectivity index (χ0n) is 13.1. The monoisotopic (exact) mass is 329 g/mol. The van der Waals surface area contributed by atoms with E-state index in [4.69, 9.17) is 4.74 Å². The summed E-state index contributed by atoms with van der Waals surface area (Å²) in [6.07, 6.45) is -4.37. The molecule has 1 heterocycles. The lowest BCUT2D eigenvalue weighted by Gasteiger charge is -2.35. The highest BCUT2D eigenvalue weighted by Gasteiger charge is 2.35. The SMILES string of the molecule is CC(C)(C)OC(=O)N1Cc2cc(C(F)(F)F)ccc2CC1C=O. The fraction of sp³-hybridized carbons (Fsp3) is 0.500. The molecule has 0 radical (unpaired) electrons. The molecule has 1 aromatic carbocycles. The minimum Gasteiger partial charge on any atom is -0.444 e. The molecule has 2 rings (SSSR count). The number of benzene rings is 1. The number of fused-ring (bicyclic) bond motifs is 1. The van der Waals surface area contributed by atoms with Crippen LogP contribution in [-0.2, 0) is 28.7 Å². The lowest BCUT2D eigenvalue weighted by atomic mass is 9.93. The lowest BCUT2D eigenvalue weighted by Crippen LogP contribution is -2.47. The second-order valence-corrected chi connectivity index (χ2v) is 6.50. The van der Waals surface area contributed by atoms with Crippen LogP contribution in [0, 0.1) is 0 Å². The highest BCUT2D eigenvalue weighted by atomic mass is 19.4. The van der Waals surface area contributed by atoms with Gasteiger partial charge in [-0.25, -0.2) is 4.79 Å². The van der Waals surface area contributed by atoms with Crippen molar-refractivity contribution in [2.75, 3.05) is 0 Å². The first-order valence-corrected chi connectivity index (χ1v) is 7.15. The number of amides is 1. The molecule has 126 valence electrons. The third kappa shape index (κ3) is 4.03. The van der Waals surface area contributed by atoms with E-state index in [0.29, 0.717) is 17.4 Å². The molecule has 1 atom stereocenters. The minimum atomic E-state index is -4.45. The van der Waals surface area contributed by atoms with Crippen LogP contribution in [0.15, 0.2) is 18.2 Å². The molecule has 1 aromatic rings. The largest absolute Gasteiger partial charge is 0.444 e. The molecule has 1 aliphatic heterocycles. The molecule has 0 aliphatic carbocycles. The second-order valence-electron chi connectivity index (χ2n) is 6.50. The van der Waals surface area contributed by atoms with Gasteiger partial charge in [0, 0.05) is 6.42 Å². The Kier molecular flexibility index (Phi) is 4.41. The first kappa shape index (κ1) is 17.3. The van der Waals surface area contributed by atoms with Crippen LogP contribution >= 0.6 is 0 Å². The number of alkyl halides is 3. The molecule has 0 saturated carbocycles. The Labute approximate surface area is 132 Å². The van der Waals surface area contributed by atoms with Crippen LogP contribution in [0.25, 0.3) is 0 Å². The summed E-state index contributed by atoms with van der Waals surface area (Å²) >= 11 is 0. The summed E-state index contributed by atoms with van der Waals surface area (Å²) in [6.45, 7) is 4.96. The number of hydrogen-bond donors (Lipinski definition) is 0. The van der Waals surface area contributed by atoms with Gasteiger partial charge in [0.1, 0.15) is 11.9 Å². The van der Waals surface area contributed by atoms with E-state index in [1.807, 2.05) is 0 Å². The molecule has 23 heavy (non-hydrogen) atoms. The highest BCUT2D eigenvalue weighted by molar-refractivity contribution is 5.75. The minimum absolute atomic E-state index is 0.0857. The van der Waals surface area contributed by atoms with Crippen molar-refractivity contribution >= 4 is 12.4 Å². The molecule has 0 bridgehead atoms. The van der Waals surface area contributed by atoms with Gasteiger partial charge < -0.3 is 9.53 Å². The van der Waals surface area contributed by atoms with Gasteiger partial charge in [0.25, 0.3) is 0 Å². The van der Waals surface area contributed by atoms with E-state index < -0.39 is 29.5 Å². The van der Waals surface area contributed by atoms with E-state index in [-0.39, 0.29) is 13.0 Å². The van der Waals surface area contributed by atoms with E-state index in [9.17, 15) is 22.8 Å². The number of carbonyl (C=O) groups excluding carboxylic acids is 2. The molecule has 0 spiro atoms. The van der Waals surface area contributed by atoms with Crippen LogP contribution in [0.3, 0.4) is 0 Å². The summed E-state index contributed by atoms with van der Waals surface area (Å²) in [5.41, 5.74) is -0.512. The number of aldehydes is 1. The van der Waals surface area contributed by atoms with Crippen LogP contribution in [-0.4, -0.2) is 28.9 Å². The molecule has 0 N–H and O–H groups in total. The van der Waals surface area contributed by atoms with Crippen molar-refractivity contribution < 1.29 is 27.5 Å². The molecule has 7 heteroatoms. The molecular weight excluding hydrogens is 311 g/mol. The van der Waals surface area contributed by atoms with Gasteiger partial charge in [-0.1, -0.05) is 6.07 Å². The molecule has 4 nitrogen and oxygen atoms in total. The number of carbonyl (C=O) groups is 2. The Hall–Kier alpha value is -2.05. The molecule has 1 aliphatic rings. The van der Waals surface area contributed by atoms with E-state index in [0.717, 1.165) is 12.1 Å². The summed E-state index contributed by atoms with van der Waals surface area (Å²) in [4.78, 5) is 24.6. The summed E-state index contributed by atoms with van der Waals surface area (Å²) in [6, 6.07) is 2.63. The van der Waals surface area contributed by atoms with Crippen LogP contribution in [0.5, 0.6) is 0 Å². The van der Waals surface area contributed by atoms with Gasteiger partial charge in [0.15, 0.2) is 0 Å². The topological polar surface area (TPSA) is 46.6 Å².